The maximum Gasteiger partial charge on any atom is 0.430 e. The third-order valence-electron chi connectivity index (χ3n) is 10.6. The molecule has 3 aliphatic rings. The van der Waals surface area contributed by atoms with Crippen LogP contribution >= 0.6 is 0 Å². The lowest BCUT2D eigenvalue weighted by Gasteiger charge is -2.33. The number of amides is 2. The molecule has 0 aromatic heterocycles. The van der Waals surface area contributed by atoms with Gasteiger partial charge in [0.15, 0.2) is 0 Å². The van der Waals surface area contributed by atoms with Crippen molar-refractivity contribution in [2.45, 2.75) is 75.3 Å². The Balaban J connectivity index is 1.35. The van der Waals surface area contributed by atoms with Crippen LogP contribution in [0.25, 0.3) is 5.57 Å². The number of carbonyl (C=O) groups excluding carboxylic acids is 2. The number of carbonyl (C=O) groups is 2. The van der Waals surface area contributed by atoms with E-state index in [4.69, 9.17) is 14.2 Å². The van der Waals surface area contributed by atoms with E-state index < -0.39 is 70.5 Å². The topological polar surface area (TPSA) is 77.1 Å². The summed E-state index contributed by atoms with van der Waals surface area (Å²) in [5, 5.41) is 2.35. The average Bonchev–Trinajstić information content (AvgIpc) is 3.79. The number of hydrogen-bond acceptors (Lipinski definition) is 5. The molecule has 54 heavy (non-hydrogen) atoms. The van der Waals surface area contributed by atoms with E-state index in [1.54, 1.807) is 0 Å². The largest absolute Gasteiger partial charge is 0.496 e. The van der Waals surface area contributed by atoms with Crippen molar-refractivity contribution in [3.8, 4) is 5.75 Å². The number of ether oxygens (including phenoxy) is 3. The molecule has 1 heterocycles. The first-order chi connectivity index (χ1) is 25.2. The maximum atomic E-state index is 14.6. The van der Waals surface area contributed by atoms with Gasteiger partial charge in [-0.2, -0.15) is 39.5 Å². The van der Waals surface area contributed by atoms with Crippen molar-refractivity contribution in [3.05, 3.63) is 100 Å². The number of allylic oxidation sites excluding steroid dienone is 1. The van der Waals surface area contributed by atoms with Crippen LogP contribution in [0.3, 0.4) is 0 Å². The molecule has 0 unspecified atom stereocenters. The minimum absolute atomic E-state index is 0.000869. The number of halogens is 9. The average molecular weight is 771 g/mol. The second kappa shape index (κ2) is 13.8. The highest BCUT2D eigenvalue weighted by Gasteiger charge is 2.62. The van der Waals surface area contributed by atoms with Crippen LogP contribution in [0.15, 0.2) is 72.3 Å². The van der Waals surface area contributed by atoms with Gasteiger partial charge in [-0.1, -0.05) is 30.3 Å². The molecule has 6 rings (SSSR count). The lowest BCUT2D eigenvalue weighted by Crippen LogP contribution is -2.53. The van der Waals surface area contributed by atoms with Gasteiger partial charge in [0, 0.05) is 30.5 Å². The fraction of sp³-hybridized carbons (Fsp3) is 0.421. The van der Waals surface area contributed by atoms with Crippen molar-refractivity contribution in [1.82, 2.24) is 4.90 Å². The first-order valence-electron chi connectivity index (χ1n) is 16.9. The van der Waals surface area contributed by atoms with Crippen LogP contribution < -0.4 is 10.1 Å². The molecular weight excluding hydrogens is 735 g/mol. The van der Waals surface area contributed by atoms with Gasteiger partial charge in [0.1, 0.15) is 11.9 Å². The Labute approximate surface area is 304 Å². The number of cyclic esters (lactones) is 1. The molecule has 3 aromatic rings. The molecule has 1 saturated carbocycles. The summed E-state index contributed by atoms with van der Waals surface area (Å²) in [6.07, 6.45) is -14.3. The SMILES string of the molecule is COc1ccc(NC(=O)[C@@](OC)(c2ccccc2)C(F)(F)F)cc1C1=C(CN2C(=O)O[C@H](c3cc(C(F)(F)F)cc(C(F)(F)F)c3)[C@@H]2C)CC2(CC1)CC2. The first-order valence-corrected chi connectivity index (χ1v) is 16.9. The second-order valence-corrected chi connectivity index (χ2v) is 13.9. The normalized spacial score (nSPS) is 21.2. The van der Waals surface area contributed by atoms with Gasteiger partial charge >= 0.3 is 24.6 Å². The number of rotatable bonds is 9. The predicted molar refractivity (Wildman–Crippen MR) is 177 cm³/mol. The number of alkyl halides is 9. The van der Waals surface area contributed by atoms with Gasteiger partial charge in [-0.05, 0) is 97.6 Å². The fourth-order valence-corrected chi connectivity index (χ4v) is 7.47. The van der Waals surface area contributed by atoms with Crippen LogP contribution in [-0.2, 0) is 32.2 Å². The number of hydrogen-bond donors (Lipinski definition) is 1. The molecule has 2 fully saturated rings. The van der Waals surface area contributed by atoms with Gasteiger partial charge in [-0.3, -0.25) is 9.69 Å². The molecule has 0 radical (unpaired) electrons. The molecule has 16 heteroatoms. The van der Waals surface area contributed by atoms with E-state index >= 15 is 0 Å². The molecule has 1 spiro atoms. The highest BCUT2D eigenvalue weighted by Crippen LogP contribution is 2.59. The molecule has 1 aliphatic heterocycles. The van der Waals surface area contributed by atoms with Crippen LogP contribution in [0.5, 0.6) is 5.75 Å². The standard InChI is InChI=1S/C38H35F9N2O5/c1-21-31(22-15-25(36(39,40)41)17-26(16-22)37(42,43)44)54-33(51)49(21)20-23-19-34(13-14-34)12-11-28(23)29-18-27(9-10-30(29)52-2)48-32(50)35(53-3,38(45,46)47)24-7-5-4-6-8-24/h4-10,15-18,21,31H,11-14,19-20H2,1-3H3,(H,48,50)/t21-,31-,35-/m0/s1. The van der Waals surface area contributed by atoms with E-state index in [9.17, 15) is 49.1 Å². The van der Waals surface area contributed by atoms with Crippen LogP contribution in [-0.4, -0.2) is 49.9 Å². The van der Waals surface area contributed by atoms with E-state index in [1.165, 1.54) is 55.3 Å². The van der Waals surface area contributed by atoms with Crippen molar-refractivity contribution in [3.63, 3.8) is 0 Å². The fourth-order valence-electron chi connectivity index (χ4n) is 7.47. The van der Waals surface area contributed by atoms with Crippen LogP contribution in [0, 0.1) is 5.41 Å². The van der Waals surface area contributed by atoms with Gasteiger partial charge in [0.2, 0.25) is 0 Å². The van der Waals surface area contributed by atoms with E-state index in [-0.39, 0.29) is 23.7 Å². The minimum Gasteiger partial charge on any atom is -0.496 e. The van der Waals surface area contributed by atoms with Gasteiger partial charge in [0.25, 0.3) is 11.5 Å². The third kappa shape index (κ3) is 7.23. The van der Waals surface area contributed by atoms with E-state index in [0.29, 0.717) is 47.4 Å². The number of nitrogens with zero attached hydrogens (tertiary/aromatic N) is 1. The van der Waals surface area contributed by atoms with Crippen LogP contribution in [0.4, 0.5) is 50.0 Å². The number of nitrogens with one attached hydrogen (secondary N) is 1. The van der Waals surface area contributed by atoms with E-state index in [0.717, 1.165) is 38.5 Å². The Kier molecular flexibility index (Phi) is 9.99. The summed E-state index contributed by atoms with van der Waals surface area (Å²) in [4.78, 5) is 28.1. The van der Waals surface area contributed by atoms with Crippen molar-refractivity contribution in [2.24, 2.45) is 5.41 Å². The zero-order valence-electron chi connectivity index (χ0n) is 29.1. The Bertz CT molecular complexity index is 1920. The van der Waals surface area contributed by atoms with Crippen LogP contribution in [0.1, 0.15) is 72.9 Å². The Hall–Kier alpha value is -4.73. The zero-order valence-corrected chi connectivity index (χ0v) is 29.1. The second-order valence-electron chi connectivity index (χ2n) is 13.9. The summed E-state index contributed by atoms with van der Waals surface area (Å²) < 4.78 is 142. The maximum absolute atomic E-state index is 14.6. The quantitative estimate of drug-likeness (QED) is 0.219. The molecule has 3 atom stereocenters. The van der Waals surface area contributed by atoms with Gasteiger partial charge in [0.05, 0.1) is 24.3 Å². The lowest BCUT2D eigenvalue weighted by atomic mass is 9.78. The highest BCUT2D eigenvalue weighted by molar-refractivity contribution is 5.99. The molecule has 2 amide bonds. The number of benzene rings is 3. The molecule has 7 nitrogen and oxygen atoms in total. The molecule has 3 aromatic carbocycles. The highest BCUT2D eigenvalue weighted by atomic mass is 19.4. The van der Waals surface area contributed by atoms with Crippen LogP contribution in [0.2, 0.25) is 0 Å². The van der Waals surface area contributed by atoms with E-state index in [1.807, 2.05) is 0 Å². The monoisotopic (exact) mass is 770 g/mol. The molecule has 1 saturated heterocycles. The summed E-state index contributed by atoms with van der Waals surface area (Å²) in [5.74, 6) is -1.19. The summed E-state index contributed by atoms with van der Waals surface area (Å²) in [5.41, 5.74) is -5.65. The van der Waals surface area contributed by atoms with E-state index in [2.05, 4.69) is 5.32 Å². The first kappa shape index (κ1) is 39.0. The Morgan fingerprint density at radius 2 is 1.50 bits per heavy atom. The van der Waals surface area contributed by atoms with Crippen molar-refractivity contribution >= 4 is 23.3 Å². The Morgan fingerprint density at radius 1 is 0.870 bits per heavy atom. The van der Waals surface area contributed by atoms with Gasteiger partial charge in [-0.15, -0.1) is 0 Å². The molecule has 2 aliphatic carbocycles. The summed E-state index contributed by atoms with van der Waals surface area (Å²) >= 11 is 0. The smallest absolute Gasteiger partial charge is 0.430 e. The minimum atomic E-state index is -5.17. The van der Waals surface area contributed by atoms with Crippen molar-refractivity contribution in [2.75, 3.05) is 26.1 Å². The molecule has 290 valence electrons. The molecule has 0 bridgehead atoms. The summed E-state index contributed by atoms with van der Waals surface area (Å²) in [6, 6.07) is 10.8. The van der Waals surface area contributed by atoms with Crippen molar-refractivity contribution < 1.29 is 63.3 Å². The predicted octanol–water partition coefficient (Wildman–Crippen LogP) is 10.1. The number of methoxy groups -OCH3 is 2. The molecule has 1 N–H and O–H groups in total. The number of anilines is 1. The van der Waals surface area contributed by atoms with Crippen molar-refractivity contribution in [1.29, 1.82) is 0 Å². The zero-order chi connectivity index (χ0) is 39.4. The van der Waals surface area contributed by atoms with Gasteiger partial charge < -0.3 is 19.5 Å². The summed E-state index contributed by atoms with van der Waals surface area (Å²) in [7, 11) is 2.16. The van der Waals surface area contributed by atoms with Gasteiger partial charge in [-0.25, -0.2) is 4.79 Å². The third-order valence-corrected chi connectivity index (χ3v) is 10.6. The summed E-state index contributed by atoms with van der Waals surface area (Å²) in [6.45, 7) is 1.36. The Morgan fingerprint density at radius 3 is 2.04 bits per heavy atom. The lowest BCUT2D eigenvalue weighted by molar-refractivity contribution is -0.263. The molecular formula is C38H35F9N2O5.